The Labute approximate surface area is 217 Å². The number of nitrogens with one attached hydrogen (secondary N) is 1. The number of fused-ring (bicyclic) bond motifs is 1. The van der Waals surface area contributed by atoms with Crippen LogP contribution in [0.3, 0.4) is 0 Å². The lowest BCUT2D eigenvalue weighted by Crippen LogP contribution is -2.42. The number of pyridine rings is 1. The summed E-state index contributed by atoms with van der Waals surface area (Å²) in [6, 6.07) is 18.2. The molecule has 3 heterocycles. The molecule has 3 aromatic rings. The maximum atomic E-state index is 6.52. The van der Waals surface area contributed by atoms with Crippen LogP contribution in [0.5, 0.6) is 5.75 Å². The number of nitrogens with zero attached hydrogens (tertiary/aromatic N) is 3. The van der Waals surface area contributed by atoms with Crippen LogP contribution in [0.4, 0.5) is 11.4 Å². The number of halogens is 1. The molecule has 1 saturated heterocycles. The van der Waals surface area contributed by atoms with Crippen LogP contribution >= 0.6 is 23.8 Å². The summed E-state index contributed by atoms with van der Waals surface area (Å²) in [7, 11) is 3.76. The van der Waals surface area contributed by atoms with Gasteiger partial charge in [-0.2, -0.15) is 0 Å². The summed E-state index contributed by atoms with van der Waals surface area (Å²) >= 11 is 12.4. The van der Waals surface area contributed by atoms with Gasteiger partial charge in [0.05, 0.1) is 35.4 Å². The molecular weight excluding hydrogens is 476 g/mol. The molecule has 0 saturated carbocycles. The van der Waals surface area contributed by atoms with E-state index >= 15 is 0 Å². The lowest BCUT2D eigenvalue weighted by molar-refractivity contribution is 0.415. The number of rotatable bonds is 4. The van der Waals surface area contributed by atoms with E-state index < -0.39 is 0 Å². The van der Waals surface area contributed by atoms with Crippen LogP contribution in [-0.2, 0) is 0 Å². The molecule has 180 valence electrons. The van der Waals surface area contributed by atoms with Gasteiger partial charge in [0.2, 0.25) is 0 Å². The predicted octanol–water partition coefficient (Wildman–Crippen LogP) is 6.55. The second kappa shape index (κ2) is 8.85. The molecular formula is C28H29ClN4OS. The highest BCUT2D eigenvalue weighted by Crippen LogP contribution is 2.45. The zero-order valence-electron chi connectivity index (χ0n) is 20.5. The summed E-state index contributed by atoms with van der Waals surface area (Å²) in [5.74, 6) is 0.631. The van der Waals surface area contributed by atoms with Gasteiger partial charge in [0.25, 0.3) is 0 Å². The molecule has 1 N–H and O–H groups in total. The standard InChI is InChI=1S/C28H29ClN4OS/c1-17-16-28(2,3)32(4)23-11-9-18(14-20(17)23)26-25(22-8-6-7-13-30-22)31-27(35)33(26)19-10-12-24(34-5)21(29)15-19/h6-16,25-26H,1-5H3,(H,31,35)/t25-,26-/m1/s1. The van der Waals surface area contributed by atoms with Gasteiger partial charge in [-0.1, -0.05) is 29.8 Å². The summed E-state index contributed by atoms with van der Waals surface area (Å²) in [5.41, 5.74) is 6.67. The maximum absolute atomic E-state index is 6.52. The first-order valence-corrected chi connectivity index (χ1v) is 12.4. The lowest BCUT2D eigenvalue weighted by Gasteiger charge is -2.41. The van der Waals surface area contributed by atoms with Gasteiger partial charge in [0.1, 0.15) is 5.75 Å². The van der Waals surface area contributed by atoms with Crippen molar-refractivity contribution in [1.29, 1.82) is 0 Å². The highest BCUT2D eigenvalue weighted by Gasteiger charge is 2.41. The number of aromatic nitrogens is 1. The second-order valence-electron chi connectivity index (χ2n) is 9.63. The number of benzene rings is 2. The molecule has 0 aliphatic carbocycles. The molecule has 2 aliphatic rings. The minimum atomic E-state index is -0.121. The number of allylic oxidation sites excluding steroid dienone is 1. The van der Waals surface area contributed by atoms with Gasteiger partial charge in [-0.3, -0.25) is 4.98 Å². The quantitative estimate of drug-likeness (QED) is 0.406. The summed E-state index contributed by atoms with van der Waals surface area (Å²) in [6.07, 6.45) is 4.15. The van der Waals surface area contributed by atoms with Gasteiger partial charge in [0, 0.05) is 30.2 Å². The topological polar surface area (TPSA) is 40.6 Å². The Balaban J connectivity index is 1.66. The second-order valence-corrected chi connectivity index (χ2v) is 10.4. The zero-order valence-corrected chi connectivity index (χ0v) is 22.1. The third-order valence-electron chi connectivity index (χ3n) is 7.09. The Morgan fingerprint density at radius 1 is 1.11 bits per heavy atom. The molecule has 7 heteroatoms. The Morgan fingerprint density at radius 3 is 2.60 bits per heavy atom. The number of anilines is 2. The van der Waals surface area contributed by atoms with Crippen LogP contribution in [0.1, 0.15) is 49.7 Å². The van der Waals surface area contributed by atoms with Gasteiger partial charge >= 0.3 is 0 Å². The minimum absolute atomic E-state index is 0.0442. The fourth-order valence-corrected chi connectivity index (χ4v) is 5.74. The number of methoxy groups -OCH3 is 1. The van der Waals surface area contributed by atoms with Crippen LogP contribution in [-0.4, -0.2) is 29.8 Å². The molecule has 0 spiro atoms. The predicted molar refractivity (Wildman–Crippen MR) is 149 cm³/mol. The molecule has 0 radical (unpaired) electrons. The average Bonchev–Trinajstić information content (AvgIpc) is 3.19. The van der Waals surface area contributed by atoms with Crippen molar-refractivity contribution in [1.82, 2.24) is 10.3 Å². The van der Waals surface area contributed by atoms with E-state index in [9.17, 15) is 0 Å². The van der Waals surface area contributed by atoms with Crippen LogP contribution in [0.15, 0.2) is 66.9 Å². The van der Waals surface area contributed by atoms with E-state index in [1.165, 1.54) is 16.8 Å². The number of hydrogen-bond acceptors (Lipinski definition) is 4. The van der Waals surface area contributed by atoms with Crippen molar-refractivity contribution in [3.63, 3.8) is 0 Å². The summed E-state index contributed by atoms with van der Waals surface area (Å²) in [5, 5.41) is 4.70. The fraction of sp³-hybridized carbons (Fsp3) is 0.286. The number of hydrogen-bond donors (Lipinski definition) is 1. The maximum Gasteiger partial charge on any atom is 0.174 e. The third kappa shape index (κ3) is 4.05. The molecule has 35 heavy (non-hydrogen) atoms. The molecule has 0 amide bonds. The zero-order chi connectivity index (χ0) is 24.9. The Kier molecular flexibility index (Phi) is 5.98. The van der Waals surface area contributed by atoms with E-state index in [2.05, 4.69) is 72.2 Å². The summed E-state index contributed by atoms with van der Waals surface area (Å²) in [4.78, 5) is 9.13. The Morgan fingerprint density at radius 2 is 1.91 bits per heavy atom. The van der Waals surface area contributed by atoms with Gasteiger partial charge in [-0.25, -0.2) is 0 Å². The van der Waals surface area contributed by atoms with Crippen molar-refractivity contribution < 1.29 is 4.74 Å². The van der Waals surface area contributed by atoms with E-state index in [1.807, 2.05) is 42.6 Å². The summed E-state index contributed by atoms with van der Waals surface area (Å²) < 4.78 is 5.37. The summed E-state index contributed by atoms with van der Waals surface area (Å²) in [6.45, 7) is 6.66. The average molecular weight is 505 g/mol. The van der Waals surface area contributed by atoms with Crippen molar-refractivity contribution in [3.05, 3.63) is 88.7 Å². The molecule has 1 aromatic heterocycles. The monoisotopic (exact) mass is 504 g/mol. The van der Waals surface area contributed by atoms with E-state index in [4.69, 9.17) is 28.6 Å². The van der Waals surface area contributed by atoms with E-state index in [-0.39, 0.29) is 17.6 Å². The normalized spacial score (nSPS) is 20.9. The number of thiocarbonyl (C=S) groups is 1. The van der Waals surface area contributed by atoms with E-state index in [0.29, 0.717) is 15.9 Å². The third-order valence-corrected chi connectivity index (χ3v) is 7.70. The molecule has 2 atom stereocenters. The van der Waals surface area contributed by atoms with Crippen molar-refractivity contribution >= 4 is 45.9 Å². The Bertz CT molecular complexity index is 1320. The first-order chi connectivity index (χ1) is 16.7. The molecule has 0 unspecified atom stereocenters. The van der Waals surface area contributed by atoms with Gasteiger partial charge in [-0.15, -0.1) is 0 Å². The van der Waals surface area contributed by atoms with Gasteiger partial charge in [0.15, 0.2) is 5.11 Å². The van der Waals surface area contributed by atoms with Crippen LogP contribution in [0.2, 0.25) is 5.02 Å². The SMILES string of the molecule is COc1ccc(N2C(=S)N[C@H](c3ccccn3)[C@H]2c2ccc3c(c2)C(C)=CC(C)(C)N3C)cc1Cl. The number of likely N-dealkylation sites (N-methyl/N-ethyl adjacent to an activating group) is 1. The van der Waals surface area contributed by atoms with E-state index in [0.717, 1.165) is 16.9 Å². The molecule has 1 fully saturated rings. The largest absolute Gasteiger partial charge is 0.495 e. The first-order valence-electron chi connectivity index (χ1n) is 11.6. The Hall–Kier alpha value is -3.09. The molecule has 2 aromatic carbocycles. The highest BCUT2D eigenvalue weighted by atomic mass is 35.5. The van der Waals surface area contributed by atoms with Crippen molar-refractivity contribution in [2.75, 3.05) is 24.0 Å². The highest BCUT2D eigenvalue weighted by molar-refractivity contribution is 7.80. The van der Waals surface area contributed by atoms with Crippen LogP contribution in [0.25, 0.3) is 5.57 Å². The minimum Gasteiger partial charge on any atom is -0.495 e. The molecule has 5 rings (SSSR count). The fourth-order valence-electron chi connectivity index (χ4n) is 5.14. The van der Waals surface area contributed by atoms with E-state index in [1.54, 1.807) is 7.11 Å². The molecule has 5 nitrogen and oxygen atoms in total. The molecule has 2 aliphatic heterocycles. The van der Waals surface area contributed by atoms with Crippen molar-refractivity contribution in [2.45, 2.75) is 38.4 Å². The smallest absolute Gasteiger partial charge is 0.174 e. The lowest BCUT2D eigenvalue weighted by atomic mass is 9.86. The van der Waals surface area contributed by atoms with Crippen molar-refractivity contribution in [3.8, 4) is 5.75 Å². The van der Waals surface area contributed by atoms with Crippen LogP contribution < -0.4 is 19.9 Å². The van der Waals surface area contributed by atoms with Crippen molar-refractivity contribution in [2.24, 2.45) is 0 Å². The molecule has 0 bridgehead atoms. The van der Waals surface area contributed by atoms with Gasteiger partial charge < -0.3 is 19.9 Å². The van der Waals surface area contributed by atoms with Crippen LogP contribution in [0, 0.1) is 0 Å². The van der Waals surface area contributed by atoms with Gasteiger partial charge in [-0.05, 0) is 86.6 Å². The number of ether oxygens (including phenoxy) is 1. The first kappa shape index (κ1) is 23.6.